The summed E-state index contributed by atoms with van der Waals surface area (Å²) >= 11 is 1.68. The molecule has 6 heteroatoms. The number of amides is 1. The summed E-state index contributed by atoms with van der Waals surface area (Å²) in [6.45, 7) is 3.55. The van der Waals surface area contributed by atoms with Gasteiger partial charge < -0.3 is 9.30 Å². The largest absolute Gasteiger partial charge is 0.337 e. The van der Waals surface area contributed by atoms with Gasteiger partial charge in [-0.1, -0.05) is 6.07 Å². The summed E-state index contributed by atoms with van der Waals surface area (Å²) in [6.07, 6.45) is 5.80. The molecule has 1 atom stereocenters. The highest BCUT2D eigenvalue weighted by Gasteiger charge is 2.28. The van der Waals surface area contributed by atoms with Gasteiger partial charge in [-0.2, -0.15) is 0 Å². The van der Waals surface area contributed by atoms with E-state index in [9.17, 15) is 4.79 Å². The van der Waals surface area contributed by atoms with Crippen molar-refractivity contribution in [3.05, 3.63) is 52.4 Å². The smallest absolute Gasteiger partial charge is 0.274 e. The standard InChI is InChI=1S/C17H18N4OS/c1-12-4-2-6-15-19-14(11-21(12)15)17(22)20-8-3-5-13(10-20)16-18-7-9-23-16/h2,4,6-7,9,11,13H,3,5,8,10H2,1H3/t13-/m1/s1. The number of hydrogen-bond acceptors (Lipinski definition) is 4. The van der Waals surface area contributed by atoms with Gasteiger partial charge in [0.05, 0.1) is 5.01 Å². The summed E-state index contributed by atoms with van der Waals surface area (Å²) in [5.74, 6) is 0.376. The number of aromatic nitrogens is 3. The number of pyridine rings is 1. The summed E-state index contributed by atoms with van der Waals surface area (Å²) in [5.41, 5.74) is 2.43. The van der Waals surface area contributed by atoms with Gasteiger partial charge in [0.15, 0.2) is 0 Å². The van der Waals surface area contributed by atoms with E-state index in [0.29, 0.717) is 11.6 Å². The molecule has 0 spiro atoms. The molecule has 4 heterocycles. The molecular weight excluding hydrogens is 308 g/mol. The second-order valence-corrected chi connectivity index (χ2v) is 6.91. The molecule has 3 aromatic rings. The molecule has 0 N–H and O–H groups in total. The van der Waals surface area contributed by atoms with Gasteiger partial charge in [0, 0.05) is 42.5 Å². The first-order valence-electron chi connectivity index (χ1n) is 7.86. The molecule has 1 aliphatic heterocycles. The fourth-order valence-corrected chi connectivity index (χ4v) is 3.98. The number of carbonyl (C=O) groups is 1. The van der Waals surface area contributed by atoms with Gasteiger partial charge in [-0.3, -0.25) is 4.79 Å². The Morgan fingerprint density at radius 1 is 1.39 bits per heavy atom. The molecule has 1 saturated heterocycles. The fraction of sp³-hybridized carbons (Fsp3) is 0.353. The Kier molecular flexibility index (Phi) is 3.61. The molecule has 0 saturated carbocycles. The number of fused-ring (bicyclic) bond motifs is 1. The highest BCUT2D eigenvalue weighted by molar-refractivity contribution is 7.09. The first-order chi connectivity index (χ1) is 11.2. The Bertz CT molecular complexity index is 840. The lowest BCUT2D eigenvalue weighted by molar-refractivity contribution is 0.0702. The number of likely N-dealkylation sites (tertiary alicyclic amines) is 1. The van der Waals surface area contributed by atoms with Crippen molar-refractivity contribution in [2.45, 2.75) is 25.7 Å². The molecular formula is C17H18N4OS. The van der Waals surface area contributed by atoms with Crippen LogP contribution in [0, 0.1) is 6.92 Å². The second kappa shape index (κ2) is 5.77. The predicted molar refractivity (Wildman–Crippen MR) is 89.9 cm³/mol. The van der Waals surface area contributed by atoms with Crippen molar-refractivity contribution in [1.82, 2.24) is 19.3 Å². The van der Waals surface area contributed by atoms with Gasteiger partial charge in [-0.25, -0.2) is 9.97 Å². The van der Waals surface area contributed by atoms with Gasteiger partial charge in [0.2, 0.25) is 0 Å². The number of thiazole rings is 1. The second-order valence-electron chi connectivity index (χ2n) is 5.98. The molecule has 4 rings (SSSR count). The third-order valence-corrected chi connectivity index (χ3v) is 5.36. The number of nitrogens with zero attached hydrogens (tertiary/aromatic N) is 4. The molecule has 1 fully saturated rings. The van der Waals surface area contributed by atoms with E-state index in [2.05, 4.69) is 9.97 Å². The third kappa shape index (κ3) is 2.63. The van der Waals surface area contributed by atoms with Gasteiger partial charge in [0.25, 0.3) is 5.91 Å². The molecule has 118 valence electrons. The average molecular weight is 326 g/mol. The zero-order chi connectivity index (χ0) is 15.8. The number of rotatable bonds is 2. The van der Waals surface area contributed by atoms with Crippen molar-refractivity contribution < 1.29 is 4.79 Å². The zero-order valence-corrected chi connectivity index (χ0v) is 13.8. The van der Waals surface area contributed by atoms with E-state index in [0.717, 1.165) is 42.3 Å². The Labute approximate surface area is 138 Å². The highest BCUT2D eigenvalue weighted by atomic mass is 32.1. The molecule has 3 aromatic heterocycles. The van der Waals surface area contributed by atoms with Crippen LogP contribution in [0.5, 0.6) is 0 Å². The Balaban J connectivity index is 1.58. The van der Waals surface area contributed by atoms with E-state index >= 15 is 0 Å². The van der Waals surface area contributed by atoms with Crippen LogP contribution in [0.15, 0.2) is 36.0 Å². The lowest BCUT2D eigenvalue weighted by atomic mass is 9.98. The van der Waals surface area contributed by atoms with Gasteiger partial charge in [-0.15, -0.1) is 11.3 Å². The Morgan fingerprint density at radius 2 is 2.30 bits per heavy atom. The minimum absolute atomic E-state index is 0.0226. The maximum atomic E-state index is 12.8. The van der Waals surface area contributed by atoms with Crippen LogP contribution in [0.25, 0.3) is 5.65 Å². The van der Waals surface area contributed by atoms with Crippen LogP contribution in [-0.4, -0.2) is 38.3 Å². The van der Waals surface area contributed by atoms with E-state index in [1.54, 1.807) is 11.3 Å². The van der Waals surface area contributed by atoms with Crippen LogP contribution in [0.2, 0.25) is 0 Å². The maximum absolute atomic E-state index is 12.8. The van der Waals surface area contributed by atoms with Crippen molar-refractivity contribution in [3.8, 4) is 0 Å². The van der Waals surface area contributed by atoms with Crippen molar-refractivity contribution in [2.24, 2.45) is 0 Å². The van der Waals surface area contributed by atoms with Crippen molar-refractivity contribution in [3.63, 3.8) is 0 Å². The monoisotopic (exact) mass is 326 g/mol. The van der Waals surface area contributed by atoms with Crippen molar-refractivity contribution >= 4 is 22.9 Å². The van der Waals surface area contributed by atoms with Crippen LogP contribution >= 0.6 is 11.3 Å². The topological polar surface area (TPSA) is 50.5 Å². The molecule has 0 unspecified atom stereocenters. The van der Waals surface area contributed by atoms with Gasteiger partial charge >= 0.3 is 0 Å². The number of imidazole rings is 1. The quantitative estimate of drug-likeness (QED) is 0.727. The highest BCUT2D eigenvalue weighted by Crippen LogP contribution is 2.28. The molecule has 0 bridgehead atoms. The lowest BCUT2D eigenvalue weighted by Gasteiger charge is -2.31. The molecule has 5 nitrogen and oxygen atoms in total. The number of hydrogen-bond donors (Lipinski definition) is 0. The minimum Gasteiger partial charge on any atom is -0.337 e. The first-order valence-corrected chi connectivity index (χ1v) is 8.74. The fourth-order valence-electron chi connectivity index (χ4n) is 3.21. The van der Waals surface area contributed by atoms with E-state index in [-0.39, 0.29) is 5.91 Å². The summed E-state index contributed by atoms with van der Waals surface area (Å²) in [6, 6.07) is 5.91. The van der Waals surface area contributed by atoms with Gasteiger partial charge in [0.1, 0.15) is 11.3 Å². The number of aryl methyl sites for hydroxylation is 1. The zero-order valence-electron chi connectivity index (χ0n) is 13.0. The molecule has 1 aliphatic rings. The van der Waals surface area contributed by atoms with E-state index in [4.69, 9.17) is 0 Å². The Morgan fingerprint density at radius 3 is 3.09 bits per heavy atom. The van der Waals surface area contributed by atoms with Gasteiger partial charge in [-0.05, 0) is 31.9 Å². The van der Waals surface area contributed by atoms with Crippen LogP contribution in [-0.2, 0) is 0 Å². The van der Waals surface area contributed by atoms with E-state index in [1.807, 2.05) is 52.2 Å². The van der Waals surface area contributed by atoms with Crippen molar-refractivity contribution in [1.29, 1.82) is 0 Å². The SMILES string of the molecule is Cc1cccc2nc(C(=O)N3CCC[C@@H](c4nccs4)C3)cn12. The molecule has 0 radical (unpaired) electrons. The van der Waals surface area contributed by atoms with E-state index < -0.39 is 0 Å². The molecule has 0 aliphatic carbocycles. The Hall–Kier alpha value is -2.21. The van der Waals surface area contributed by atoms with Crippen molar-refractivity contribution in [2.75, 3.05) is 13.1 Å². The minimum atomic E-state index is 0.0226. The predicted octanol–water partition coefficient (Wildman–Crippen LogP) is 3.12. The normalized spacial score (nSPS) is 18.5. The van der Waals surface area contributed by atoms with Crippen LogP contribution in [0.3, 0.4) is 0 Å². The first kappa shape index (κ1) is 14.4. The summed E-state index contributed by atoms with van der Waals surface area (Å²) < 4.78 is 1.97. The van der Waals surface area contributed by atoms with Crippen LogP contribution in [0.4, 0.5) is 0 Å². The molecule has 0 aromatic carbocycles. The summed E-state index contributed by atoms with van der Waals surface area (Å²) in [4.78, 5) is 23.7. The van der Waals surface area contributed by atoms with E-state index in [1.165, 1.54) is 0 Å². The summed E-state index contributed by atoms with van der Waals surface area (Å²) in [5, 5.41) is 3.13. The van der Waals surface area contributed by atoms with Crippen LogP contribution < -0.4 is 0 Å². The van der Waals surface area contributed by atoms with Crippen LogP contribution in [0.1, 0.15) is 39.9 Å². The maximum Gasteiger partial charge on any atom is 0.274 e. The molecule has 23 heavy (non-hydrogen) atoms. The third-order valence-electron chi connectivity index (χ3n) is 4.42. The summed E-state index contributed by atoms with van der Waals surface area (Å²) in [7, 11) is 0. The number of carbonyl (C=O) groups excluding carboxylic acids is 1. The average Bonchev–Trinajstić information content (AvgIpc) is 3.24. The number of piperidine rings is 1. The lowest BCUT2D eigenvalue weighted by Crippen LogP contribution is -2.39. The molecule has 1 amide bonds.